The highest BCUT2D eigenvalue weighted by atomic mass is 32.1. The van der Waals surface area contributed by atoms with Gasteiger partial charge in [0.2, 0.25) is 5.91 Å². The molecule has 2 bridgehead atoms. The number of imide groups is 1. The topological polar surface area (TPSA) is 204 Å². The number of nitrogens with one attached hydrogen (secondary N) is 3. The van der Waals surface area contributed by atoms with Crippen LogP contribution in [0.15, 0.2) is 23.6 Å². The number of piperazine rings is 1. The van der Waals surface area contributed by atoms with E-state index in [2.05, 4.69) is 41.7 Å². The van der Waals surface area contributed by atoms with Crippen LogP contribution >= 0.6 is 11.3 Å². The van der Waals surface area contributed by atoms with E-state index in [9.17, 15) is 28.8 Å². The van der Waals surface area contributed by atoms with Gasteiger partial charge < -0.3 is 39.1 Å². The summed E-state index contributed by atoms with van der Waals surface area (Å²) in [5.74, 6) is -3.27. The number of nitrogens with zero attached hydrogens (tertiary/aromatic N) is 3. The van der Waals surface area contributed by atoms with Crippen molar-refractivity contribution in [2.45, 2.75) is 123 Å². The van der Waals surface area contributed by atoms with Crippen LogP contribution in [0.2, 0.25) is 0 Å². The number of hydrogen-bond donors (Lipinski definition) is 3. The average molecular weight is 853 g/mol. The molecular formula is C41H57BN6O11S. The zero-order valence-electron chi connectivity index (χ0n) is 36.3. The summed E-state index contributed by atoms with van der Waals surface area (Å²) in [7, 11) is 0.461. The molecule has 5 fully saturated rings. The van der Waals surface area contributed by atoms with Crippen molar-refractivity contribution < 1.29 is 52.3 Å². The molecule has 3 heterocycles. The number of carbonyl (C=O) groups is 6. The first-order chi connectivity index (χ1) is 27.9. The lowest BCUT2D eigenvalue weighted by molar-refractivity contribution is -0.199. The zero-order valence-corrected chi connectivity index (χ0v) is 37.1. The first-order valence-electron chi connectivity index (χ1n) is 20.3. The third-order valence-electron chi connectivity index (χ3n) is 11.9. The van der Waals surface area contributed by atoms with E-state index in [1.165, 1.54) is 17.4 Å². The molecule has 0 radical (unpaired) electrons. The quantitative estimate of drug-likeness (QED) is 0.157. The van der Waals surface area contributed by atoms with E-state index >= 15 is 0 Å². The van der Waals surface area contributed by atoms with E-state index in [0.29, 0.717) is 11.5 Å². The standard InChI is InChI=1S/C41H57BN6O11S/c1-12-47-16-17-48(33(51)32(47)50)36(53)45-29(25-21-60-35(43-25)46-37(54)57-39(5,6)7)31(49)44-28(42-58-27-20-23-19-26(40(23,8)9)41(27,10)59-42)18-22-14-13-15-24(30(22)55-11)34(52)56-38(2,3)4/h13-15,21,23,26-29H,12,16-20H2,1-11H3,(H,44,49)(H,45,53)(H,43,46,54)/t23-,26-,27+,28?,29?,41-/m0/s1. The minimum atomic E-state index is -1.54. The fourth-order valence-electron chi connectivity index (χ4n) is 8.78. The smallest absolute Gasteiger partial charge is 0.482 e. The molecule has 1 aromatic heterocycles. The minimum absolute atomic E-state index is 0.0275. The zero-order chi connectivity index (χ0) is 44.1. The summed E-state index contributed by atoms with van der Waals surface area (Å²) in [6, 6.07) is 2.52. The molecule has 2 saturated heterocycles. The van der Waals surface area contributed by atoms with Crippen LogP contribution in [0, 0.1) is 17.3 Å². The number of esters is 1. The molecule has 2 unspecified atom stereocenters. The van der Waals surface area contributed by atoms with Crippen molar-refractivity contribution in [3.63, 3.8) is 0 Å². The molecule has 3 N–H and O–H groups in total. The highest BCUT2D eigenvalue weighted by molar-refractivity contribution is 7.13. The number of carbonyl (C=O) groups excluding carboxylic acids is 6. The van der Waals surface area contributed by atoms with Gasteiger partial charge in [-0.25, -0.2) is 19.4 Å². The predicted molar refractivity (Wildman–Crippen MR) is 221 cm³/mol. The number of hydrogen-bond acceptors (Lipinski definition) is 13. The number of methoxy groups -OCH3 is 1. The summed E-state index contributed by atoms with van der Waals surface area (Å²) < 4.78 is 30.4. The highest BCUT2D eigenvalue weighted by Gasteiger charge is 2.68. The molecule has 6 atom stereocenters. The molecule has 5 aliphatic rings. The number of benzene rings is 1. The molecule has 3 aliphatic carbocycles. The molecular weight excluding hydrogens is 795 g/mol. The number of aromatic nitrogens is 1. The molecule has 6 amide bonds. The lowest BCUT2D eigenvalue weighted by Crippen LogP contribution is -2.65. The summed E-state index contributed by atoms with van der Waals surface area (Å²) in [5.41, 5.74) is -1.45. The Morgan fingerprint density at radius 3 is 2.33 bits per heavy atom. The maximum absolute atomic E-state index is 14.8. The number of para-hydroxylation sites is 1. The SMILES string of the molecule is CCN1CCN(C(=O)NC(C(=O)NC(Cc2cccc(C(=O)OC(C)(C)C)c2OC)B2O[C@@H]3C[C@@H]4C[C@@H](C4(C)C)[C@]3(C)O2)c2csc(NC(=O)OC(C)(C)C)n2)C(=O)C1=O. The molecule has 19 heteroatoms. The monoisotopic (exact) mass is 852 g/mol. The van der Waals surface area contributed by atoms with Crippen molar-refractivity contribution in [3.8, 4) is 5.75 Å². The minimum Gasteiger partial charge on any atom is -0.496 e. The van der Waals surface area contributed by atoms with Gasteiger partial charge in [0.1, 0.15) is 22.5 Å². The van der Waals surface area contributed by atoms with Crippen molar-refractivity contribution in [1.29, 1.82) is 0 Å². The van der Waals surface area contributed by atoms with E-state index in [4.69, 9.17) is 23.5 Å². The molecule has 0 spiro atoms. The summed E-state index contributed by atoms with van der Waals surface area (Å²) in [6.07, 6.45) is 0.781. The van der Waals surface area contributed by atoms with Gasteiger partial charge in [-0.15, -0.1) is 11.3 Å². The fraction of sp³-hybridized carbons (Fsp3) is 0.634. The van der Waals surface area contributed by atoms with Crippen LogP contribution in [0.1, 0.15) is 110 Å². The van der Waals surface area contributed by atoms with Crippen molar-refractivity contribution in [3.05, 3.63) is 40.4 Å². The fourth-order valence-corrected chi connectivity index (χ4v) is 9.50. The number of likely N-dealkylation sites (N-methyl/N-ethyl adjacent to an activating group) is 1. The number of ether oxygens (including phenoxy) is 3. The van der Waals surface area contributed by atoms with Crippen LogP contribution in [0.5, 0.6) is 5.75 Å². The van der Waals surface area contributed by atoms with E-state index in [1.54, 1.807) is 66.7 Å². The number of amides is 6. The van der Waals surface area contributed by atoms with Crippen LogP contribution in [-0.4, -0.2) is 113 Å². The molecule has 60 heavy (non-hydrogen) atoms. The second-order valence-corrected chi connectivity index (χ2v) is 19.4. The van der Waals surface area contributed by atoms with Gasteiger partial charge in [0.15, 0.2) is 11.2 Å². The second-order valence-electron chi connectivity index (χ2n) is 18.6. The van der Waals surface area contributed by atoms with Gasteiger partial charge in [-0.2, -0.15) is 0 Å². The maximum atomic E-state index is 14.8. The van der Waals surface area contributed by atoms with Crippen LogP contribution in [0.25, 0.3) is 0 Å². The van der Waals surface area contributed by atoms with Crippen LogP contribution in [0.4, 0.5) is 14.7 Å². The first-order valence-corrected chi connectivity index (χ1v) is 21.2. The first kappa shape index (κ1) is 44.8. The van der Waals surface area contributed by atoms with Gasteiger partial charge in [0.25, 0.3) is 0 Å². The Morgan fingerprint density at radius 1 is 1.00 bits per heavy atom. The Bertz CT molecular complexity index is 2030. The predicted octanol–water partition coefficient (Wildman–Crippen LogP) is 4.89. The molecule has 2 aliphatic heterocycles. The van der Waals surface area contributed by atoms with Crippen molar-refractivity contribution in [2.24, 2.45) is 17.3 Å². The largest absolute Gasteiger partial charge is 0.496 e. The Hall–Kier alpha value is -4.75. The molecule has 3 saturated carbocycles. The third-order valence-corrected chi connectivity index (χ3v) is 12.7. The van der Waals surface area contributed by atoms with Crippen LogP contribution < -0.4 is 20.7 Å². The lowest BCUT2D eigenvalue weighted by atomic mass is 9.43. The van der Waals surface area contributed by atoms with E-state index in [1.807, 2.05) is 0 Å². The van der Waals surface area contributed by atoms with Gasteiger partial charge in [-0.05, 0) is 104 Å². The number of thiazole rings is 1. The summed E-state index contributed by atoms with van der Waals surface area (Å²) in [4.78, 5) is 87.0. The van der Waals surface area contributed by atoms with Gasteiger partial charge in [0.05, 0.1) is 30.4 Å². The Balaban J connectivity index is 1.34. The van der Waals surface area contributed by atoms with Crippen LogP contribution in [-0.2, 0) is 39.6 Å². The highest BCUT2D eigenvalue weighted by Crippen LogP contribution is 2.65. The summed E-state index contributed by atoms with van der Waals surface area (Å²) >= 11 is 0.988. The van der Waals surface area contributed by atoms with Crippen LogP contribution in [0.3, 0.4) is 0 Å². The Labute approximate surface area is 355 Å². The summed E-state index contributed by atoms with van der Waals surface area (Å²) in [5, 5.41) is 9.78. The molecule has 7 rings (SSSR count). The van der Waals surface area contributed by atoms with E-state index in [0.717, 1.165) is 29.1 Å². The third kappa shape index (κ3) is 9.12. The molecule has 326 valence electrons. The van der Waals surface area contributed by atoms with Gasteiger partial charge >= 0.3 is 37.0 Å². The lowest BCUT2D eigenvalue weighted by Gasteiger charge is -2.64. The Morgan fingerprint density at radius 2 is 1.70 bits per heavy atom. The molecule has 2 aromatic rings. The second kappa shape index (κ2) is 16.6. The van der Waals surface area contributed by atoms with E-state index < -0.39 is 71.7 Å². The van der Waals surface area contributed by atoms with Gasteiger partial charge in [-0.3, -0.25) is 24.6 Å². The average Bonchev–Trinajstić information content (AvgIpc) is 3.76. The normalized spacial score (nSPS) is 24.4. The molecule has 17 nitrogen and oxygen atoms in total. The maximum Gasteiger partial charge on any atom is 0.482 e. The van der Waals surface area contributed by atoms with Gasteiger partial charge in [0, 0.05) is 25.0 Å². The number of anilines is 1. The van der Waals surface area contributed by atoms with E-state index in [-0.39, 0.29) is 65.6 Å². The van der Waals surface area contributed by atoms with Crippen molar-refractivity contribution in [1.82, 2.24) is 25.4 Å². The van der Waals surface area contributed by atoms with Gasteiger partial charge in [-0.1, -0.05) is 26.0 Å². The Kier molecular flexibility index (Phi) is 12.4. The van der Waals surface area contributed by atoms with Crippen molar-refractivity contribution >= 4 is 59.4 Å². The van der Waals surface area contributed by atoms with Crippen molar-refractivity contribution in [2.75, 3.05) is 32.1 Å². The number of rotatable bonds is 11. The molecule has 1 aromatic carbocycles. The summed E-state index contributed by atoms with van der Waals surface area (Å²) in [6.45, 7) is 19.0. The number of urea groups is 1.